The van der Waals surface area contributed by atoms with E-state index in [0.29, 0.717) is 47.3 Å². The maximum atomic E-state index is 12.6. The van der Waals surface area contributed by atoms with Gasteiger partial charge in [0, 0.05) is 77.0 Å². The molecule has 0 spiro atoms. The van der Waals surface area contributed by atoms with Gasteiger partial charge in [-0.25, -0.2) is 51.2 Å². The smallest absolute Gasteiger partial charge is 0.257 e. The SMILES string of the molecule is CC(C)n1cc(-n2ncc3cc(Cl)c(C4CCN(C5(C)COC5)CC4)cc32)cn1.CC1(N2CCC(c3cc4c(cnn4-c4cnn(-c5ncccn5)c4)cc3Cl)CC2)COC1.CC1(N2CCC(c3cc4c(cnn4-c4cnn(CC(F)F)c4)cc3Cl)CC2)COC1.CC1(N2CCC(c3cc4c(cnn4-c4cnn(CCF)c4)cc3Cl)CC2)COC1.CCn1cc(-n2ncc3cc(Cl)c(C4CCN(C5(C)COC5)CC4)cc32)cn1. The predicted molar refractivity (Wildman–Crippen MR) is 568 cm³/mol. The van der Waals surface area contributed by atoms with E-state index >= 15 is 0 Å². The zero-order valence-electron chi connectivity index (χ0n) is 84.9. The Morgan fingerprint density at radius 2 is 0.595 bits per heavy atom. The van der Waals surface area contributed by atoms with Crippen molar-refractivity contribution in [1.82, 2.24) is 132 Å². The molecule has 26 rings (SSSR count). The quantitative estimate of drug-likeness (QED) is 0.0610. The topological polar surface area (TPSA) is 266 Å². The molecule has 10 aliphatic heterocycles. The highest BCUT2D eigenvalue weighted by Crippen LogP contribution is 2.47. The molecule has 148 heavy (non-hydrogen) atoms. The number of alkyl halides is 3. The number of piperidine rings is 5. The number of ether oxygens (including phenoxy) is 5. The standard InChI is InChI=1S/C23H24ClN7O.C22H28ClN5O.C21H24ClF2N5O.C21H25ClFN5O.C21H26ClN5O/c1-23(14-32-15-23)29-7-3-16(4-8-29)19-10-21-17(9-20(19)24)11-28-31(21)18-12-27-30(13-18)22-25-5-2-6-26-22;1-15(2)27-12-18(11-24-27)28-21-9-19(20(23)8-17(21)10-25-28)16-4-6-26(7-5-16)22(3)13-29-14-22;1-21(12-30-13-21)27-4-2-14(3-5-27)17-7-19-15(6-18(17)22)8-26-29(19)16-9-25-28(10-16)11-20(23)24;1-21(13-29-14-21)26-5-2-15(3-6-26)18-9-20-16(8-19(18)22)10-25-28(20)17-11-24-27(12-17)7-4-23;1-3-26-12-17(11-23-26)27-20-9-18(19(22)8-16(20)10-24-27)15-4-6-25(7-5-15)21(2)13-28-14-21/h2,5-6,9-13,16H,3-4,7-8,14-15H2,1H3;8-12,15-16H,4-7,13-14H2,1-3H3;6-10,14,20H,2-5,11-13H2,1H3;8-12,15H,2-7,13-14H2,1H3;8-12,15H,3-7,13-14H2,1-2H3. The molecule has 0 unspecified atom stereocenters. The van der Waals surface area contributed by atoms with E-state index in [0.717, 1.165) is 310 Å². The summed E-state index contributed by atoms with van der Waals surface area (Å²) in [5, 5.41) is 53.4. The van der Waals surface area contributed by atoms with Crippen molar-refractivity contribution in [3.05, 3.63) is 225 Å². The lowest BCUT2D eigenvalue weighted by Gasteiger charge is -2.50. The fourth-order valence-corrected chi connectivity index (χ4v) is 24.8. The van der Waals surface area contributed by atoms with E-state index in [1.54, 1.807) is 63.5 Å². The van der Waals surface area contributed by atoms with Crippen LogP contribution in [0.2, 0.25) is 25.1 Å². The molecule has 0 bridgehead atoms. The average molecular weight is 2120 g/mol. The molecule has 40 heteroatoms. The van der Waals surface area contributed by atoms with Crippen LogP contribution in [0.15, 0.2) is 172 Å². The molecule has 780 valence electrons. The normalized spacial score (nSPS) is 20.1. The first kappa shape index (κ1) is 102. The van der Waals surface area contributed by atoms with Crippen LogP contribution < -0.4 is 0 Å². The van der Waals surface area contributed by atoms with Crippen LogP contribution in [0.5, 0.6) is 0 Å². The van der Waals surface area contributed by atoms with Crippen LogP contribution in [0.3, 0.4) is 0 Å². The van der Waals surface area contributed by atoms with Gasteiger partial charge < -0.3 is 23.7 Å². The van der Waals surface area contributed by atoms with Crippen molar-refractivity contribution in [2.45, 2.75) is 209 Å². The number of aryl methyl sites for hydroxylation is 2. The Hall–Kier alpha value is -10.6. The van der Waals surface area contributed by atoms with Crippen molar-refractivity contribution >= 4 is 113 Å². The average Bonchev–Trinajstić information content (AvgIpc) is 0.918. The van der Waals surface area contributed by atoms with Gasteiger partial charge in [0.1, 0.15) is 41.7 Å². The Morgan fingerprint density at radius 1 is 0.331 bits per heavy atom. The second kappa shape index (κ2) is 42.6. The third-order valence-corrected chi connectivity index (χ3v) is 34.2. The van der Waals surface area contributed by atoms with Crippen molar-refractivity contribution in [1.29, 1.82) is 0 Å². The molecule has 32 nitrogen and oxygen atoms in total. The predicted octanol–water partition coefficient (Wildman–Crippen LogP) is 19.8. The van der Waals surface area contributed by atoms with E-state index in [1.165, 1.54) is 26.9 Å². The lowest BCUT2D eigenvalue weighted by atomic mass is 9.86. The minimum atomic E-state index is -2.45. The third-order valence-electron chi connectivity index (χ3n) is 32.5. The van der Waals surface area contributed by atoms with Gasteiger partial charge in [-0.15, -0.1) is 0 Å². The summed E-state index contributed by atoms with van der Waals surface area (Å²) in [6.45, 7) is 37.1. The molecule has 10 saturated heterocycles. The lowest BCUT2D eigenvalue weighted by molar-refractivity contribution is -0.136. The van der Waals surface area contributed by atoms with Crippen molar-refractivity contribution in [3.8, 4) is 34.4 Å². The van der Waals surface area contributed by atoms with Gasteiger partial charge in [0.05, 0.1) is 221 Å². The third kappa shape index (κ3) is 20.6. The number of fused-ring (bicyclic) bond motifs is 5. The van der Waals surface area contributed by atoms with Crippen LogP contribution in [0, 0.1) is 0 Å². The summed E-state index contributed by atoms with van der Waals surface area (Å²) in [5.41, 5.74) is 16.5. The highest BCUT2D eigenvalue weighted by atomic mass is 35.5. The maximum Gasteiger partial charge on any atom is 0.257 e. The van der Waals surface area contributed by atoms with Gasteiger partial charge in [-0.1, -0.05) is 58.0 Å². The second-order valence-electron chi connectivity index (χ2n) is 43.2. The molecule has 11 aromatic heterocycles. The van der Waals surface area contributed by atoms with Crippen molar-refractivity contribution in [2.75, 3.05) is 138 Å². The van der Waals surface area contributed by atoms with Crippen LogP contribution in [0.25, 0.3) is 88.9 Å². The van der Waals surface area contributed by atoms with Gasteiger partial charge in [0.2, 0.25) is 5.95 Å². The zero-order valence-corrected chi connectivity index (χ0v) is 88.7. The second-order valence-corrected chi connectivity index (χ2v) is 45.2. The summed E-state index contributed by atoms with van der Waals surface area (Å²) in [4.78, 5) is 21.3. The lowest BCUT2D eigenvalue weighted by Crippen LogP contribution is -2.61. The monoisotopic (exact) mass is 2110 g/mol. The number of nitrogens with zero attached hydrogens (tertiary/aromatic N) is 27. The van der Waals surface area contributed by atoms with Gasteiger partial charge >= 0.3 is 0 Å². The van der Waals surface area contributed by atoms with Crippen molar-refractivity contribution in [2.24, 2.45) is 0 Å². The molecule has 0 saturated carbocycles. The largest absolute Gasteiger partial charge is 0.377 e. The summed E-state index contributed by atoms with van der Waals surface area (Å²) < 4.78 is 82.9. The molecular weight excluding hydrogens is 1990 g/mol. The highest BCUT2D eigenvalue weighted by Gasteiger charge is 2.47. The molecule has 5 aromatic carbocycles. The Morgan fingerprint density at radius 3 is 0.858 bits per heavy atom. The summed E-state index contributed by atoms with van der Waals surface area (Å²) in [7, 11) is 0. The van der Waals surface area contributed by atoms with E-state index in [4.69, 9.17) is 81.7 Å². The minimum absolute atomic E-state index is 0.176. The minimum Gasteiger partial charge on any atom is -0.377 e. The Balaban J connectivity index is 0.000000105. The number of hydrogen-bond donors (Lipinski definition) is 0. The van der Waals surface area contributed by atoms with E-state index in [9.17, 15) is 13.2 Å². The number of rotatable bonds is 22. The summed E-state index contributed by atoms with van der Waals surface area (Å²) in [6, 6.07) is 23.2. The molecule has 10 fully saturated rings. The van der Waals surface area contributed by atoms with E-state index in [1.807, 2.05) is 108 Å². The zero-order chi connectivity index (χ0) is 102. The number of hydrogen-bond acceptors (Lipinski definition) is 22. The van der Waals surface area contributed by atoms with Crippen molar-refractivity contribution in [3.63, 3.8) is 0 Å². The van der Waals surface area contributed by atoms with E-state index < -0.39 is 19.6 Å². The summed E-state index contributed by atoms with van der Waals surface area (Å²) in [5.74, 6) is 2.75. The fourth-order valence-electron chi connectivity index (χ4n) is 23.1. The van der Waals surface area contributed by atoms with Crippen LogP contribution in [-0.4, -0.2) is 305 Å². The molecule has 0 N–H and O–H groups in total. The molecule has 0 amide bonds. The first-order valence-electron chi connectivity index (χ1n) is 51.9. The number of benzene rings is 5. The first-order chi connectivity index (χ1) is 71.6. The van der Waals surface area contributed by atoms with Gasteiger partial charge in [-0.05, 0) is 309 Å². The Kier molecular flexibility index (Phi) is 29.3. The van der Waals surface area contributed by atoms with Crippen LogP contribution in [0.1, 0.15) is 183 Å². The van der Waals surface area contributed by atoms with E-state index in [-0.39, 0.29) is 34.2 Å². The molecule has 0 atom stereocenters. The van der Waals surface area contributed by atoms with Gasteiger partial charge in [-0.3, -0.25) is 43.2 Å². The summed E-state index contributed by atoms with van der Waals surface area (Å²) >= 11 is 33.5. The highest BCUT2D eigenvalue weighted by molar-refractivity contribution is 6.34. The van der Waals surface area contributed by atoms with E-state index in [2.05, 4.69) is 183 Å². The van der Waals surface area contributed by atoms with Crippen LogP contribution in [-0.2, 0) is 43.3 Å². The maximum absolute atomic E-state index is 12.6. The van der Waals surface area contributed by atoms with Gasteiger partial charge in [-0.2, -0.15) is 51.0 Å². The molecule has 16 aromatic rings. The van der Waals surface area contributed by atoms with Gasteiger partial charge in [0.25, 0.3) is 6.43 Å². The molecular formula is C108H127Cl5F3N27O5. The first-order valence-corrected chi connectivity index (χ1v) is 53.8. The molecule has 0 aliphatic carbocycles. The molecule has 21 heterocycles. The summed E-state index contributed by atoms with van der Waals surface area (Å²) in [6.07, 6.45) is 39.3. The van der Waals surface area contributed by atoms with Crippen molar-refractivity contribution < 1.29 is 36.9 Å². The number of aromatic nitrogens is 22. The molecule has 10 aliphatic rings. The fraction of sp³-hybridized carbons (Fsp3) is 0.500. The van der Waals surface area contributed by atoms with Gasteiger partial charge in [0.15, 0.2) is 0 Å². The molecule has 0 radical (unpaired) electrons. The van der Waals surface area contributed by atoms with Crippen LogP contribution in [0.4, 0.5) is 13.2 Å². The number of halogens is 8. The Bertz CT molecular complexity index is 7350. The number of likely N-dealkylation sites (tertiary alicyclic amines) is 5. The van der Waals surface area contributed by atoms with Crippen LogP contribution >= 0.6 is 58.0 Å². The Labute approximate surface area is 882 Å².